The molecule has 1 aliphatic heterocycles. The molecule has 0 bridgehead atoms. The first-order valence-corrected chi connectivity index (χ1v) is 10.7. The van der Waals surface area contributed by atoms with Crippen molar-refractivity contribution in [1.29, 1.82) is 0 Å². The highest BCUT2D eigenvalue weighted by atomic mass is 35.5. The maximum absolute atomic E-state index is 12.7. The van der Waals surface area contributed by atoms with E-state index in [1.165, 1.54) is 19.4 Å². The number of benzene rings is 1. The molecule has 32 heavy (non-hydrogen) atoms. The number of aromatic hydroxyl groups is 1. The van der Waals surface area contributed by atoms with Gasteiger partial charge in [0.05, 0.1) is 20.3 Å². The van der Waals surface area contributed by atoms with Crippen LogP contribution in [0.4, 0.5) is 0 Å². The Labute approximate surface area is 191 Å². The summed E-state index contributed by atoms with van der Waals surface area (Å²) in [4.78, 5) is 29.2. The minimum Gasteiger partial charge on any atom is -0.503 e. The SMILES string of the molecule is COc1ccnc(C(=O)N[C@H]2COC[C@H](Cc3ccc(Cl)cc3)[C@@H](C)[C@H](C)OC2=O)c1O. The summed E-state index contributed by atoms with van der Waals surface area (Å²) in [6.07, 6.45) is 1.68. The summed E-state index contributed by atoms with van der Waals surface area (Å²) in [6, 6.07) is 8.00. The van der Waals surface area contributed by atoms with Crippen LogP contribution >= 0.6 is 11.6 Å². The number of carbonyl (C=O) groups is 2. The molecule has 1 amide bonds. The lowest BCUT2D eigenvalue weighted by atomic mass is 9.85. The first-order valence-electron chi connectivity index (χ1n) is 10.4. The van der Waals surface area contributed by atoms with E-state index in [4.69, 9.17) is 25.8 Å². The normalized spacial score (nSPS) is 23.9. The Balaban J connectivity index is 1.71. The molecule has 4 atom stereocenters. The molecular formula is C23H27ClN2O6. The van der Waals surface area contributed by atoms with Gasteiger partial charge in [-0.15, -0.1) is 0 Å². The average Bonchev–Trinajstić information content (AvgIpc) is 2.82. The number of ether oxygens (including phenoxy) is 3. The Hall–Kier alpha value is -2.84. The number of cyclic esters (lactones) is 1. The number of halogens is 1. The monoisotopic (exact) mass is 462 g/mol. The highest BCUT2D eigenvalue weighted by molar-refractivity contribution is 6.30. The van der Waals surface area contributed by atoms with E-state index < -0.39 is 23.7 Å². The van der Waals surface area contributed by atoms with E-state index in [9.17, 15) is 14.7 Å². The molecule has 172 valence electrons. The predicted molar refractivity (Wildman–Crippen MR) is 118 cm³/mol. The number of esters is 1. The number of nitrogens with zero attached hydrogens (tertiary/aromatic N) is 1. The van der Waals surface area contributed by atoms with Crippen molar-refractivity contribution < 1.29 is 28.9 Å². The molecule has 1 aromatic heterocycles. The Morgan fingerprint density at radius 1 is 1.25 bits per heavy atom. The molecule has 1 saturated heterocycles. The first kappa shape index (κ1) is 23.8. The number of nitrogens with one attached hydrogen (secondary N) is 1. The molecule has 0 saturated carbocycles. The fraction of sp³-hybridized carbons (Fsp3) is 0.435. The van der Waals surface area contributed by atoms with Crippen molar-refractivity contribution >= 4 is 23.5 Å². The van der Waals surface area contributed by atoms with E-state index in [1.807, 2.05) is 38.1 Å². The lowest BCUT2D eigenvalue weighted by Crippen LogP contribution is -2.46. The molecule has 1 aliphatic rings. The second-order valence-electron chi connectivity index (χ2n) is 7.87. The molecule has 9 heteroatoms. The van der Waals surface area contributed by atoms with E-state index in [1.54, 1.807) is 0 Å². The third-order valence-corrected chi connectivity index (χ3v) is 5.98. The van der Waals surface area contributed by atoms with Gasteiger partial charge in [0, 0.05) is 17.3 Å². The molecule has 8 nitrogen and oxygen atoms in total. The largest absolute Gasteiger partial charge is 0.503 e. The van der Waals surface area contributed by atoms with E-state index >= 15 is 0 Å². The molecule has 1 fully saturated rings. The van der Waals surface area contributed by atoms with Crippen molar-refractivity contribution in [2.75, 3.05) is 20.3 Å². The zero-order chi connectivity index (χ0) is 23.3. The maximum Gasteiger partial charge on any atom is 0.331 e. The smallest absolute Gasteiger partial charge is 0.331 e. The standard InChI is InChI=1S/C23H27ClN2O6/c1-13-14(2)32-23(29)18(26-22(28)20-21(27)19(30-3)8-9-25-20)12-31-11-16(13)10-15-4-6-17(24)7-5-15/h4-9,13-14,16,18,27H,10-12H2,1-3H3,(H,26,28)/t13-,14-,16-,18-/m0/s1. The fourth-order valence-electron chi connectivity index (χ4n) is 3.58. The molecular weight excluding hydrogens is 436 g/mol. The van der Waals surface area contributed by atoms with Crippen molar-refractivity contribution in [2.24, 2.45) is 11.8 Å². The molecule has 2 N–H and O–H groups in total. The highest BCUT2D eigenvalue weighted by Crippen LogP contribution is 2.28. The fourth-order valence-corrected chi connectivity index (χ4v) is 3.70. The van der Waals surface area contributed by atoms with Crippen molar-refractivity contribution in [2.45, 2.75) is 32.4 Å². The van der Waals surface area contributed by atoms with Crippen molar-refractivity contribution in [1.82, 2.24) is 10.3 Å². The quantitative estimate of drug-likeness (QED) is 0.657. The van der Waals surface area contributed by atoms with Gasteiger partial charge in [0.15, 0.2) is 23.2 Å². The number of hydrogen-bond donors (Lipinski definition) is 2. The zero-order valence-corrected chi connectivity index (χ0v) is 19.0. The van der Waals surface area contributed by atoms with Gasteiger partial charge in [-0.25, -0.2) is 9.78 Å². The van der Waals surface area contributed by atoms with E-state index in [0.29, 0.717) is 11.6 Å². The number of carbonyl (C=O) groups excluding carboxylic acids is 2. The van der Waals surface area contributed by atoms with Crippen LogP contribution in [0.5, 0.6) is 11.5 Å². The molecule has 3 rings (SSSR count). The summed E-state index contributed by atoms with van der Waals surface area (Å²) < 4.78 is 16.5. The van der Waals surface area contributed by atoms with E-state index in [-0.39, 0.29) is 36.0 Å². The van der Waals surface area contributed by atoms with Crippen LogP contribution in [0.25, 0.3) is 0 Å². The van der Waals surface area contributed by atoms with Gasteiger partial charge in [-0.3, -0.25) is 4.79 Å². The first-order chi connectivity index (χ1) is 15.3. The van der Waals surface area contributed by atoms with Gasteiger partial charge in [0.2, 0.25) is 0 Å². The van der Waals surface area contributed by atoms with Crippen LogP contribution in [0.2, 0.25) is 5.02 Å². The average molecular weight is 463 g/mol. The topological polar surface area (TPSA) is 107 Å². The second kappa shape index (κ2) is 10.7. The second-order valence-corrected chi connectivity index (χ2v) is 8.30. The summed E-state index contributed by atoms with van der Waals surface area (Å²) in [7, 11) is 1.36. The summed E-state index contributed by atoms with van der Waals surface area (Å²) in [6.45, 7) is 4.17. The Morgan fingerprint density at radius 2 is 1.97 bits per heavy atom. The molecule has 0 aliphatic carbocycles. The van der Waals surface area contributed by atoms with Crippen LogP contribution in [-0.2, 0) is 20.7 Å². The van der Waals surface area contributed by atoms with Crippen molar-refractivity contribution in [3.05, 3.63) is 52.8 Å². The van der Waals surface area contributed by atoms with Crippen molar-refractivity contribution in [3.8, 4) is 11.5 Å². The summed E-state index contributed by atoms with van der Waals surface area (Å²) in [5.41, 5.74) is 0.858. The van der Waals surface area contributed by atoms with E-state index in [2.05, 4.69) is 10.3 Å². The molecule has 1 aromatic carbocycles. The number of pyridine rings is 1. The molecule has 0 radical (unpaired) electrons. The number of methoxy groups -OCH3 is 1. The Morgan fingerprint density at radius 3 is 2.66 bits per heavy atom. The van der Waals surface area contributed by atoms with Crippen LogP contribution in [0.3, 0.4) is 0 Å². The van der Waals surface area contributed by atoms with Crippen LogP contribution in [0, 0.1) is 11.8 Å². The number of rotatable bonds is 5. The lowest BCUT2D eigenvalue weighted by Gasteiger charge is -2.27. The van der Waals surface area contributed by atoms with Gasteiger partial charge in [0.25, 0.3) is 5.91 Å². The molecule has 2 aromatic rings. The minimum absolute atomic E-state index is 0.0215. The predicted octanol–water partition coefficient (Wildman–Crippen LogP) is 3.00. The van der Waals surface area contributed by atoms with Gasteiger partial charge in [-0.1, -0.05) is 30.7 Å². The van der Waals surface area contributed by atoms with Crippen LogP contribution in [0.15, 0.2) is 36.5 Å². The van der Waals surface area contributed by atoms with Crippen LogP contribution in [0.1, 0.15) is 29.9 Å². The third kappa shape index (κ3) is 5.69. The minimum atomic E-state index is -1.04. The van der Waals surface area contributed by atoms with E-state index in [0.717, 1.165) is 12.0 Å². The van der Waals surface area contributed by atoms with Gasteiger partial charge in [0.1, 0.15) is 6.10 Å². The molecule has 0 spiro atoms. The van der Waals surface area contributed by atoms with Crippen molar-refractivity contribution in [3.63, 3.8) is 0 Å². The number of aromatic nitrogens is 1. The zero-order valence-electron chi connectivity index (χ0n) is 18.2. The maximum atomic E-state index is 12.7. The summed E-state index contributed by atoms with van der Waals surface area (Å²) in [5, 5.41) is 13.4. The third-order valence-electron chi connectivity index (χ3n) is 5.73. The van der Waals surface area contributed by atoms with Crippen LogP contribution in [-0.4, -0.2) is 54.4 Å². The number of amides is 1. The Kier molecular flexibility index (Phi) is 7.93. The van der Waals surface area contributed by atoms with Crippen LogP contribution < -0.4 is 10.1 Å². The Bertz CT molecular complexity index is 952. The van der Waals surface area contributed by atoms with Gasteiger partial charge in [-0.05, 0) is 42.9 Å². The molecule has 0 unspecified atom stereocenters. The van der Waals surface area contributed by atoms with Gasteiger partial charge >= 0.3 is 5.97 Å². The molecule has 2 heterocycles. The van der Waals surface area contributed by atoms with Gasteiger partial charge < -0.3 is 24.6 Å². The van der Waals surface area contributed by atoms with Gasteiger partial charge in [-0.2, -0.15) is 0 Å². The lowest BCUT2D eigenvalue weighted by molar-refractivity contribution is -0.153. The summed E-state index contributed by atoms with van der Waals surface area (Å²) in [5.74, 6) is -1.52. The number of hydrogen-bond acceptors (Lipinski definition) is 7. The summed E-state index contributed by atoms with van der Waals surface area (Å²) >= 11 is 5.98. The highest BCUT2D eigenvalue weighted by Gasteiger charge is 2.33.